The summed E-state index contributed by atoms with van der Waals surface area (Å²) in [5.41, 5.74) is 1.22. The highest BCUT2D eigenvalue weighted by Gasteiger charge is 2.31. The highest BCUT2D eigenvalue weighted by Crippen LogP contribution is 2.23. The van der Waals surface area contributed by atoms with Crippen LogP contribution >= 0.6 is 0 Å². The Morgan fingerprint density at radius 2 is 1.96 bits per heavy atom. The van der Waals surface area contributed by atoms with Crippen molar-refractivity contribution in [2.75, 3.05) is 6.61 Å². The summed E-state index contributed by atoms with van der Waals surface area (Å²) in [5, 5.41) is 2.50. The third kappa shape index (κ3) is 4.33. The molecule has 0 aromatic carbocycles. The van der Waals surface area contributed by atoms with Gasteiger partial charge >= 0.3 is 0 Å². The van der Waals surface area contributed by atoms with Gasteiger partial charge in [0.05, 0.1) is 5.69 Å². The van der Waals surface area contributed by atoms with Crippen molar-refractivity contribution >= 4 is 19.9 Å². The van der Waals surface area contributed by atoms with Crippen LogP contribution in [0, 0.1) is 18.8 Å². The summed E-state index contributed by atoms with van der Waals surface area (Å²) in [6, 6.07) is 1.07. The van der Waals surface area contributed by atoms with Crippen molar-refractivity contribution in [2.45, 2.75) is 59.6 Å². The number of rotatable bonds is 5. The largest absolute Gasteiger partial charge is 0.361 e. The third-order valence-electron chi connectivity index (χ3n) is 4.68. The summed E-state index contributed by atoms with van der Waals surface area (Å²) in [6.07, 6.45) is 0.623. The molecule has 134 valence electrons. The molecular formula is C17H29N3O3Si. The lowest BCUT2D eigenvalue weighted by atomic mass is 9.89. The van der Waals surface area contributed by atoms with E-state index in [1.54, 1.807) is 4.57 Å². The summed E-state index contributed by atoms with van der Waals surface area (Å²) in [6.45, 7) is 13.6. The maximum absolute atomic E-state index is 12.5. The second kappa shape index (κ2) is 7.19. The molecule has 0 saturated carbocycles. The molecule has 1 aromatic rings. The Hall–Kier alpha value is -1.47. The number of hydrogen-bond acceptors (Lipinski definition) is 4. The van der Waals surface area contributed by atoms with E-state index in [2.05, 4.69) is 29.9 Å². The lowest BCUT2D eigenvalue weighted by Gasteiger charge is -2.22. The first-order chi connectivity index (χ1) is 11.1. The van der Waals surface area contributed by atoms with Crippen molar-refractivity contribution in [3.8, 4) is 0 Å². The number of carbonyl (C=O) groups is 2. The number of aryl methyl sites for hydroxylation is 1. The molecule has 2 amide bonds. The minimum absolute atomic E-state index is 0.132. The van der Waals surface area contributed by atoms with Crippen LogP contribution in [0.2, 0.25) is 25.7 Å². The van der Waals surface area contributed by atoms with Gasteiger partial charge in [0.2, 0.25) is 5.91 Å². The molecule has 0 radical (unpaired) electrons. The van der Waals surface area contributed by atoms with Gasteiger partial charge in [-0.05, 0) is 25.3 Å². The molecule has 1 unspecified atom stereocenters. The highest BCUT2D eigenvalue weighted by atomic mass is 28.3. The van der Waals surface area contributed by atoms with E-state index >= 15 is 0 Å². The second-order valence-corrected chi connectivity index (χ2v) is 13.6. The van der Waals surface area contributed by atoms with Gasteiger partial charge in [0.15, 0.2) is 0 Å². The van der Waals surface area contributed by atoms with E-state index in [1.165, 1.54) is 0 Å². The average Bonchev–Trinajstić information content (AvgIpc) is 2.76. The number of nitrogens with one attached hydrogen (secondary N) is 1. The topological polar surface area (TPSA) is 73.2 Å². The molecular weight excluding hydrogens is 322 g/mol. The van der Waals surface area contributed by atoms with Crippen LogP contribution in [0.3, 0.4) is 0 Å². The Balaban J connectivity index is 2.20. The molecule has 2 heterocycles. The van der Waals surface area contributed by atoms with E-state index in [1.807, 2.05) is 20.8 Å². The second-order valence-electron chi connectivity index (χ2n) is 8.02. The molecule has 1 aliphatic rings. The van der Waals surface area contributed by atoms with Crippen LogP contribution in [0.25, 0.3) is 0 Å². The van der Waals surface area contributed by atoms with Crippen molar-refractivity contribution in [3.63, 3.8) is 0 Å². The normalized spacial score (nSPS) is 21.9. The van der Waals surface area contributed by atoms with Crippen LogP contribution < -0.4 is 5.32 Å². The quantitative estimate of drug-likeness (QED) is 0.503. The zero-order valence-electron chi connectivity index (χ0n) is 15.6. The minimum Gasteiger partial charge on any atom is -0.361 e. The Labute approximate surface area is 145 Å². The van der Waals surface area contributed by atoms with Gasteiger partial charge in [-0.2, -0.15) is 0 Å². The van der Waals surface area contributed by atoms with Crippen LogP contribution in [0.4, 0.5) is 0 Å². The van der Waals surface area contributed by atoms with Crippen LogP contribution in [0.5, 0.6) is 0 Å². The molecule has 0 bridgehead atoms. The van der Waals surface area contributed by atoms with E-state index < -0.39 is 8.07 Å². The van der Waals surface area contributed by atoms with Crippen molar-refractivity contribution < 1.29 is 14.3 Å². The van der Waals surface area contributed by atoms with Gasteiger partial charge in [-0.3, -0.25) is 19.5 Å². The monoisotopic (exact) mass is 351 g/mol. The van der Waals surface area contributed by atoms with Crippen LogP contribution in [0.1, 0.15) is 35.9 Å². The van der Waals surface area contributed by atoms with Gasteiger partial charge in [-0.1, -0.05) is 33.5 Å². The lowest BCUT2D eigenvalue weighted by molar-refractivity contribution is -0.125. The summed E-state index contributed by atoms with van der Waals surface area (Å²) >= 11 is 0. The molecule has 6 nitrogen and oxygen atoms in total. The number of fused-ring (bicyclic) bond motifs is 1. The fourth-order valence-electron chi connectivity index (χ4n) is 2.74. The molecule has 0 fully saturated rings. The predicted octanol–water partition coefficient (Wildman–Crippen LogP) is 2.59. The van der Waals surface area contributed by atoms with Gasteiger partial charge < -0.3 is 4.74 Å². The Bertz CT molecular complexity index is 634. The maximum Gasteiger partial charge on any atom is 0.276 e. The zero-order chi connectivity index (χ0) is 18.1. The van der Waals surface area contributed by atoms with Crippen molar-refractivity contribution in [2.24, 2.45) is 11.8 Å². The van der Waals surface area contributed by atoms with Gasteiger partial charge in [-0.25, -0.2) is 4.98 Å². The summed E-state index contributed by atoms with van der Waals surface area (Å²) in [5.74, 6) is 0.0802. The van der Waals surface area contributed by atoms with Gasteiger partial charge in [0.25, 0.3) is 5.91 Å². The predicted molar refractivity (Wildman–Crippen MR) is 95.6 cm³/mol. The SMILES string of the molecule is Cc1nc2c(n1COCC[Si](C)(C)C)C(=O)NC(=O)C(C)[C@H](C)C2. The number of nitrogens with zero attached hydrogens (tertiary/aromatic N) is 2. The van der Waals surface area contributed by atoms with Crippen molar-refractivity contribution in [3.05, 3.63) is 17.2 Å². The number of hydrogen-bond donors (Lipinski definition) is 1. The first-order valence-corrected chi connectivity index (χ1v) is 12.3. The fourth-order valence-corrected chi connectivity index (χ4v) is 3.50. The minimum atomic E-state index is -1.15. The Kier molecular flexibility index (Phi) is 5.65. The maximum atomic E-state index is 12.5. The first-order valence-electron chi connectivity index (χ1n) is 8.59. The molecule has 24 heavy (non-hydrogen) atoms. The average molecular weight is 352 g/mol. The van der Waals surface area contributed by atoms with E-state index in [9.17, 15) is 9.59 Å². The van der Waals surface area contributed by atoms with Gasteiger partial charge in [-0.15, -0.1) is 0 Å². The lowest BCUT2D eigenvalue weighted by Crippen LogP contribution is -2.41. The summed E-state index contributed by atoms with van der Waals surface area (Å²) in [4.78, 5) is 29.2. The Morgan fingerprint density at radius 1 is 1.29 bits per heavy atom. The highest BCUT2D eigenvalue weighted by molar-refractivity contribution is 6.76. The summed E-state index contributed by atoms with van der Waals surface area (Å²) < 4.78 is 7.57. The molecule has 0 saturated heterocycles. The van der Waals surface area contributed by atoms with Gasteiger partial charge in [0.1, 0.15) is 18.2 Å². The number of ether oxygens (including phenoxy) is 1. The Morgan fingerprint density at radius 3 is 2.58 bits per heavy atom. The van der Waals surface area contributed by atoms with E-state index in [4.69, 9.17) is 4.74 Å². The molecule has 2 rings (SSSR count). The van der Waals surface area contributed by atoms with Crippen molar-refractivity contribution in [1.29, 1.82) is 0 Å². The van der Waals surface area contributed by atoms with Crippen LogP contribution in [0.15, 0.2) is 0 Å². The van der Waals surface area contributed by atoms with E-state index in [0.717, 1.165) is 17.6 Å². The first kappa shape index (κ1) is 18.9. The molecule has 1 aromatic heterocycles. The number of carbonyl (C=O) groups excluding carboxylic acids is 2. The smallest absolute Gasteiger partial charge is 0.276 e. The van der Waals surface area contributed by atoms with Crippen LogP contribution in [-0.4, -0.2) is 36.0 Å². The molecule has 2 atom stereocenters. The van der Waals surface area contributed by atoms with Crippen LogP contribution in [-0.2, 0) is 22.7 Å². The third-order valence-corrected chi connectivity index (χ3v) is 6.39. The van der Waals surface area contributed by atoms with E-state index in [-0.39, 0.29) is 23.7 Å². The molecule has 0 aliphatic carbocycles. The van der Waals surface area contributed by atoms with E-state index in [0.29, 0.717) is 25.5 Å². The molecule has 0 spiro atoms. The molecule has 7 heteroatoms. The number of imide groups is 1. The van der Waals surface area contributed by atoms with Crippen molar-refractivity contribution in [1.82, 2.24) is 14.9 Å². The zero-order valence-corrected chi connectivity index (χ0v) is 16.6. The van der Waals surface area contributed by atoms with Gasteiger partial charge in [0, 0.05) is 20.6 Å². The standard InChI is InChI=1S/C17H29N3O3Si/c1-11-9-14-15(17(22)19-16(21)12(11)2)20(13(3)18-14)10-23-7-8-24(4,5)6/h11-12H,7-10H2,1-6H3,(H,19,21,22)/t11-,12?/m1/s1. The summed E-state index contributed by atoms with van der Waals surface area (Å²) in [7, 11) is -1.15. The number of amides is 2. The molecule has 1 aliphatic heterocycles. The number of imidazole rings is 1. The fraction of sp³-hybridized carbons (Fsp3) is 0.706. The number of aromatic nitrogens is 2. The molecule has 1 N–H and O–H groups in total.